The second kappa shape index (κ2) is 29.4. The van der Waals surface area contributed by atoms with Crippen LogP contribution in [0.1, 0.15) is 149 Å². The summed E-state index contributed by atoms with van der Waals surface area (Å²) in [5, 5.41) is 13.1. The molecular formula is C35H63NO5S. The van der Waals surface area contributed by atoms with E-state index in [1.165, 1.54) is 63.9 Å². The maximum Gasteiger partial charge on any atom is 0.267 e. The fourth-order valence-corrected chi connectivity index (χ4v) is 5.37. The van der Waals surface area contributed by atoms with Crippen molar-refractivity contribution in [3.8, 4) is 0 Å². The van der Waals surface area contributed by atoms with Crippen LogP contribution in [0.5, 0.6) is 0 Å². The van der Waals surface area contributed by atoms with E-state index in [4.69, 9.17) is 0 Å². The number of allylic oxidation sites excluding steroid dienone is 7. The first-order valence-corrected chi connectivity index (χ1v) is 18.4. The summed E-state index contributed by atoms with van der Waals surface area (Å²) >= 11 is 0. The van der Waals surface area contributed by atoms with Crippen LogP contribution in [0.15, 0.2) is 48.6 Å². The molecule has 7 heteroatoms. The summed E-state index contributed by atoms with van der Waals surface area (Å²) in [4.78, 5) is 12.4. The van der Waals surface area contributed by atoms with E-state index in [0.717, 1.165) is 57.8 Å². The van der Waals surface area contributed by atoms with E-state index in [1.54, 1.807) is 6.08 Å². The first-order valence-electron chi connectivity index (χ1n) is 16.8. The molecule has 0 aromatic carbocycles. The van der Waals surface area contributed by atoms with Gasteiger partial charge in [0.05, 0.1) is 17.9 Å². The molecule has 0 saturated heterocycles. The normalized spacial score (nSPS) is 14.1. The molecule has 0 fully saturated rings. The van der Waals surface area contributed by atoms with Crippen LogP contribution in [0.2, 0.25) is 0 Å². The monoisotopic (exact) mass is 609 g/mol. The quantitative estimate of drug-likeness (QED) is 0.0446. The number of carbonyl (C=O) groups is 1. The fourth-order valence-electron chi connectivity index (χ4n) is 4.64. The Labute approximate surface area is 259 Å². The Morgan fingerprint density at radius 1 is 0.619 bits per heavy atom. The number of unbranched alkanes of at least 4 members (excludes halogenated alkanes) is 15. The Balaban J connectivity index is 4.12. The molecule has 0 spiro atoms. The molecule has 42 heavy (non-hydrogen) atoms. The van der Waals surface area contributed by atoms with Gasteiger partial charge in [-0.2, -0.15) is 8.42 Å². The van der Waals surface area contributed by atoms with Crippen LogP contribution in [0.4, 0.5) is 0 Å². The number of nitrogens with one attached hydrogen (secondary N) is 1. The number of aliphatic hydroxyl groups is 1. The minimum Gasteiger partial charge on any atom is -0.387 e. The molecule has 0 bridgehead atoms. The minimum atomic E-state index is -4.35. The second-order valence-electron chi connectivity index (χ2n) is 11.4. The van der Waals surface area contributed by atoms with E-state index in [-0.39, 0.29) is 12.3 Å². The Bertz CT molecular complexity index is 847. The molecule has 0 aliphatic carbocycles. The summed E-state index contributed by atoms with van der Waals surface area (Å²) in [7, 11) is -4.35. The number of rotatable bonds is 29. The predicted octanol–water partition coefficient (Wildman–Crippen LogP) is 9.18. The summed E-state index contributed by atoms with van der Waals surface area (Å²) in [5.74, 6) is -1.03. The van der Waals surface area contributed by atoms with Gasteiger partial charge < -0.3 is 10.4 Å². The van der Waals surface area contributed by atoms with Gasteiger partial charge in [0.1, 0.15) is 0 Å². The van der Waals surface area contributed by atoms with Gasteiger partial charge >= 0.3 is 0 Å². The zero-order valence-electron chi connectivity index (χ0n) is 26.9. The van der Waals surface area contributed by atoms with Crippen molar-refractivity contribution in [1.29, 1.82) is 0 Å². The number of carbonyl (C=O) groups excluding carboxylic acids is 1. The van der Waals surface area contributed by atoms with E-state index in [2.05, 4.69) is 55.6 Å². The van der Waals surface area contributed by atoms with Crippen molar-refractivity contribution >= 4 is 16.0 Å². The van der Waals surface area contributed by atoms with Gasteiger partial charge in [0.15, 0.2) is 0 Å². The maximum atomic E-state index is 12.4. The summed E-state index contributed by atoms with van der Waals surface area (Å²) in [5.41, 5.74) is 0. The zero-order chi connectivity index (χ0) is 31.2. The summed E-state index contributed by atoms with van der Waals surface area (Å²) < 4.78 is 32.2. The molecule has 0 saturated carbocycles. The topological polar surface area (TPSA) is 104 Å². The smallest absolute Gasteiger partial charge is 0.267 e. The fraction of sp³-hybridized carbons (Fsp3) is 0.743. The van der Waals surface area contributed by atoms with Crippen molar-refractivity contribution in [3.05, 3.63) is 48.6 Å². The van der Waals surface area contributed by atoms with Crippen molar-refractivity contribution in [1.82, 2.24) is 5.32 Å². The lowest BCUT2D eigenvalue weighted by molar-refractivity contribution is -0.122. The lowest BCUT2D eigenvalue weighted by Crippen LogP contribution is -2.46. The van der Waals surface area contributed by atoms with E-state index in [1.807, 2.05) is 0 Å². The molecule has 0 heterocycles. The lowest BCUT2D eigenvalue weighted by atomic mass is 10.1. The summed E-state index contributed by atoms with van der Waals surface area (Å²) in [6, 6.07) is -1.08. The third kappa shape index (κ3) is 29.8. The largest absolute Gasteiger partial charge is 0.387 e. The Morgan fingerprint density at radius 2 is 1.05 bits per heavy atom. The highest BCUT2D eigenvalue weighted by molar-refractivity contribution is 7.85. The Morgan fingerprint density at radius 3 is 1.57 bits per heavy atom. The zero-order valence-corrected chi connectivity index (χ0v) is 27.7. The van der Waals surface area contributed by atoms with Crippen LogP contribution in [0.25, 0.3) is 0 Å². The maximum absolute atomic E-state index is 12.4. The lowest BCUT2D eigenvalue weighted by Gasteiger charge is -2.21. The molecule has 1 amide bonds. The average molecular weight is 610 g/mol. The number of hydrogen-bond donors (Lipinski definition) is 3. The third-order valence-electron chi connectivity index (χ3n) is 7.21. The van der Waals surface area contributed by atoms with Gasteiger partial charge in [-0.3, -0.25) is 9.35 Å². The van der Waals surface area contributed by atoms with Gasteiger partial charge in [0.2, 0.25) is 5.91 Å². The SMILES string of the molecule is CCCC/C=C/CC/C=C/CC/C=C/C(O)C(CS(=O)(=O)O)NC(=O)CCCCCCC/C=C\CCCCCCCC. The molecule has 3 N–H and O–H groups in total. The molecule has 0 rings (SSSR count). The van der Waals surface area contributed by atoms with E-state index in [0.29, 0.717) is 12.8 Å². The standard InChI is InChI=1S/C35H63NO5S/c1-3-5-7-9-11-13-15-17-18-19-21-23-25-27-29-31-35(38)36-33(32-42(39,40)41)34(37)30-28-26-24-22-20-16-14-12-10-8-6-4-2/h10,12,17-18,20,22,28,30,33-34,37H,3-9,11,13-16,19,21,23-27,29,31-32H2,1-2H3,(H,36,38)(H,39,40,41)/b12-10+,18-17-,22-20+,30-28+. The van der Waals surface area contributed by atoms with Crippen molar-refractivity contribution in [2.24, 2.45) is 0 Å². The first kappa shape index (κ1) is 40.3. The highest BCUT2D eigenvalue weighted by Gasteiger charge is 2.24. The van der Waals surface area contributed by atoms with Crippen LogP contribution >= 0.6 is 0 Å². The van der Waals surface area contributed by atoms with Crippen molar-refractivity contribution in [2.75, 3.05) is 5.75 Å². The molecule has 6 nitrogen and oxygen atoms in total. The molecule has 0 aliphatic heterocycles. The van der Waals surface area contributed by atoms with Crippen molar-refractivity contribution < 1.29 is 22.9 Å². The molecule has 0 aromatic heterocycles. The number of amides is 1. The van der Waals surface area contributed by atoms with Crippen LogP contribution in [-0.2, 0) is 14.9 Å². The van der Waals surface area contributed by atoms with E-state index >= 15 is 0 Å². The predicted molar refractivity (Wildman–Crippen MR) is 179 cm³/mol. The van der Waals surface area contributed by atoms with Gasteiger partial charge in [0.25, 0.3) is 10.1 Å². The highest BCUT2D eigenvalue weighted by atomic mass is 32.2. The van der Waals surface area contributed by atoms with Crippen molar-refractivity contribution in [2.45, 2.75) is 161 Å². The van der Waals surface area contributed by atoms with Crippen LogP contribution in [0.3, 0.4) is 0 Å². The molecule has 0 aromatic rings. The van der Waals surface area contributed by atoms with Crippen molar-refractivity contribution in [3.63, 3.8) is 0 Å². The molecule has 0 aliphatic rings. The second-order valence-corrected chi connectivity index (χ2v) is 12.9. The van der Waals surface area contributed by atoms with Crippen LogP contribution in [-0.4, -0.2) is 41.9 Å². The van der Waals surface area contributed by atoms with Gasteiger partial charge in [-0.25, -0.2) is 0 Å². The third-order valence-corrected chi connectivity index (χ3v) is 7.99. The van der Waals surface area contributed by atoms with Crippen LogP contribution < -0.4 is 5.32 Å². The van der Waals surface area contributed by atoms with Crippen LogP contribution in [0, 0.1) is 0 Å². The van der Waals surface area contributed by atoms with Gasteiger partial charge in [-0.15, -0.1) is 0 Å². The molecule has 0 radical (unpaired) electrons. The average Bonchev–Trinajstić information content (AvgIpc) is 2.94. The number of hydrogen-bond acceptors (Lipinski definition) is 4. The number of aliphatic hydroxyl groups excluding tert-OH is 1. The Kier molecular flexibility index (Phi) is 28.2. The van der Waals surface area contributed by atoms with Gasteiger partial charge in [-0.05, 0) is 64.2 Å². The molecule has 2 atom stereocenters. The van der Waals surface area contributed by atoms with Gasteiger partial charge in [0, 0.05) is 6.42 Å². The summed E-state index contributed by atoms with van der Waals surface area (Å²) in [6.07, 6.45) is 38.1. The van der Waals surface area contributed by atoms with E-state index in [9.17, 15) is 22.9 Å². The molecular weight excluding hydrogens is 546 g/mol. The minimum absolute atomic E-state index is 0.273. The molecule has 2 unspecified atom stereocenters. The van der Waals surface area contributed by atoms with Gasteiger partial charge in [-0.1, -0.05) is 127 Å². The van der Waals surface area contributed by atoms with E-state index < -0.39 is 28.0 Å². The highest BCUT2D eigenvalue weighted by Crippen LogP contribution is 2.11. The Hall–Kier alpha value is -1.70. The summed E-state index contributed by atoms with van der Waals surface area (Å²) in [6.45, 7) is 4.43. The molecule has 244 valence electrons. The first-order chi connectivity index (χ1) is 20.3.